The molecule has 3 nitrogen and oxygen atoms in total. The molecule has 0 bridgehead atoms. The molecule has 0 spiro atoms. The molecule has 1 heterocycles. The van der Waals surface area contributed by atoms with E-state index in [-0.39, 0.29) is 0 Å². The van der Waals surface area contributed by atoms with Gasteiger partial charge in [-0.1, -0.05) is 23.7 Å². The van der Waals surface area contributed by atoms with Crippen molar-refractivity contribution in [2.75, 3.05) is 5.32 Å². The van der Waals surface area contributed by atoms with Gasteiger partial charge in [0.15, 0.2) is 6.04 Å². The van der Waals surface area contributed by atoms with Gasteiger partial charge in [0.1, 0.15) is 0 Å². The first-order chi connectivity index (χ1) is 9.11. The van der Waals surface area contributed by atoms with Crippen LogP contribution in [0.1, 0.15) is 11.7 Å². The molecule has 0 aliphatic rings. The van der Waals surface area contributed by atoms with Crippen LogP contribution in [0.15, 0.2) is 45.5 Å². The standard InChI is InChI=1S/C13H8Br2ClN3/c14-8-5-9(15)13(18-7-8)12(6-17)19-11-4-2-1-3-10(11)16/h1-5,7,12,19H. The summed E-state index contributed by atoms with van der Waals surface area (Å²) >= 11 is 12.8. The summed E-state index contributed by atoms with van der Waals surface area (Å²) in [4.78, 5) is 4.25. The summed E-state index contributed by atoms with van der Waals surface area (Å²) in [7, 11) is 0. The van der Waals surface area contributed by atoms with Gasteiger partial charge in [0.25, 0.3) is 0 Å². The van der Waals surface area contributed by atoms with Crippen LogP contribution in [-0.2, 0) is 0 Å². The molecule has 1 N–H and O–H groups in total. The van der Waals surface area contributed by atoms with Crippen LogP contribution >= 0.6 is 43.5 Å². The van der Waals surface area contributed by atoms with Gasteiger partial charge < -0.3 is 5.32 Å². The highest BCUT2D eigenvalue weighted by Crippen LogP contribution is 2.29. The van der Waals surface area contributed by atoms with Crippen molar-refractivity contribution in [3.8, 4) is 6.07 Å². The van der Waals surface area contributed by atoms with Crippen LogP contribution in [0.25, 0.3) is 0 Å². The second-order valence-corrected chi connectivity index (χ2v) is 5.88. The fraction of sp³-hybridized carbons (Fsp3) is 0.0769. The summed E-state index contributed by atoms with van der Waals surface area (Å²) < 4.78 is 1.60. The Morgan fingerprint density at radius 1 is 1.32 bits per heavy atom. The summed E-state index contributed by atoms with van der Waals surface area (Å²) in [5.41, 5.74) is 1.32. The number of pyridine rings is 1. The van der Waals surface area contributed by atoms with Gasteiger partial charge in [-0.15, -0.1) is 0 Å². The molecule has 19 heavy (non-hydrogen) atoms. The summed E-state index contributed by atoms with van der Waals surface area (Å²) in [6.45, 7) is 0. The van der Waals surface area contributed by atoms with Gasteiger partial charge in [-0.2, -0.15) is 5.26 Å². The van der Waals surface area contributed by atoms with Gasteiger partial charge in [-0.05, 0) is 50.1 Å². The highest BCUT2D eigenvalue weighted by molar-refractivity contribution is 9.11. The molecule has 2 aromatic rings. The predicted molar refractivity (Wildman–Crippen MR) is 83.1 cm³/mol. The van der Waals surface area contributed by atoms with Gasteiger partial charge >= 0.3 is 0 Å². The normalized spacial score (nSPS) is 11.7. The fourth-order valence-electron chi connectivity index (χ4n) is 1.53. The molecule has 1 unspecified atom stereocenters. The first kappa shape index (κ1) is 14.3. The summed E-state index contributed by atoms with van der Waals surface area (Å²) in [6, 6.07) is 10.7. The van der Waals surface area contributed by atoms with Crippen LogP contribution in [0, 0.1) is 11.3 Å². The SMILES string of the molecule is N#CC(Nc1ccccc1Cl)c1ncc(Br)cc1Br. The number of benzene rings is 1. The number of hydrogen-bond acceptors (Lipinski definition) is 3. The molecule has 6 heteroatoms. The van der Waals surface area contributed by atoms with Crippen molar-refractivity contribution >= 4 is 49.1 Å². The van der Waals surface area contributed by atoms with Crippen LogP contribution in [0.5, 0.6) is 0 Å². The second kappa shape index (κ2) is 6.38. The van der Waals surface area contributed by atoms with Crippen LogP contribution in [0.2, 0.25) is 5.02 Å². The number of nitrogens with zero attached hydrogens (tertiary/aromatic N) is 2. The topological polar surface area (TPSA) is 48.7 Å². The van der Waals surface area contributed by atoms with Gasteiger partial charge in [0.05, 0.1) is 22.5 Å². The lowest BCUT2D eigenvalue weighted by molar-refractivity contribution is 0.923. The molecule has 1 aromatic carbocycles. The van der Waals surface area contributed by atoms with E-state index in [1.54, 1.807) is 12.3 Å². The van der Waals surface area contributed by atoms with Crippen LogP contribution in [0.3, 0.4) is 0 Å². The summed E-state index contributed by atoms with van der Waals surface area (Å²) in [6.07, 6.45) is 1.65. The number of halogens is 3. The molecule has 0 saturated heterocycles. The monoisotopic (exact) mass is 399 g/mol. The Labute approximate surface area is 132 Å². The number of hydrogen-bond donors (Lipinski definition) is 1. The van der Waals surface area contributed by atoms with E-state index >= 15 is 0 Å². The number of aromatic nitrogens is 1. The predicted octanol–water partition coefficient (Wildman–Crippen LogP) is 4.94. The zero-order valence-electron chi connectivity index (χ0n) is 9.57. The third kappa shape index (κ3) is 3.47. The van der Waals surface area contributed by atoms with E-state index in [1.165, 1.54) is 0 Å². The van der Waals surface area contributed by atoms with Crippen molar-refractivity contribution in [3.63, 3.8) is 0 Å². The Bertz CT molecular complexity index is 640. The molecule has 0 saturated carbocycles. The van der Waals surface area contributed by atoms with Crippen LogP contribution in [0.4, 0.5) is 5.69 Å². The lowest BCUT2D eigenvalue weighted by Crippen LogP contribution is -2.11. The average Bonchev–Trinajstić information content (AvgIpc) is 2.39. The number of nitriles is 1. The van der Waals surface area contributed by atoms with Gasteiger partial charge in [0, 0.05) is 15.1 Å². The fourth-order valence-corrected chi connectivity index (χ4v) is 2.94. The van der Waals surface area contributed by atoms with Crippen molar-refractivity contribution in [2.45, 2.75) is 6.04 Å². The van der Waals surface area contributed by atoms with Crippen molar-refractivity contribution < 1.29 is 0 Å². The van der Waals surface area contributed by atoms with E-state index in [0.29, 0.717) is 16.4 Å². The summed E-state index contributed by atoms with van der Waals surface area (Å²) in [5, 5.41) is 12.9. The van der Waals surface area contributed by atoms with Gasteiger partial charge in [-0.3, -0.25) is 4.98 Å². The number of anilines is 1. The highest BCUT2D eigenvalue weighted by Gasteiger charge is 2.16. The van der Waals surface area contributed by atoms with E-state index in [2.05, 4.69) is 48.2 Å². The Balaban J connectivity index is 2.31. The maximum Gasteiger partial charge on any atom is 0.158 e. The van der Waals surface area contributed by atoms with Crippen LogP contribution < -0.4 is 5.32 Å². The minimum Gasteiger partial charge on any atom is -0.364 e. The van der Waals surface area contributed by atoms with E-state index in [4.69, 9.17) is 11.6 Å². The van der Waals surface area contributed by atoms with Crippen molar-refractivity contribution in [1.82, 2.24) is 4.98 Å². The maximum absolute atomic E-state index is 9.30. The molecule has 2 rings (SSSR count). The maximum atomic E-state index is 9.30. The quantitative estimate of drug-likeness (QED) is 0.793. The molecule has 1 aromatic heterocycles. The number of para-hydroxylation sites is 1. The lowest BCUT2D eigenvalue weighted by atomic mass is 10.2. The lowest BCUT2D eigenvalue weighted by Gasteiger charge is -2.15. The molecular weight excluding hydrogens is 393 g/mol. The molecule has 0 fully saturated rings. The number of rotatable bonds is 3. The Morgan fingerprint density at radius 2 is 2.05 bits per heavy atom. The molecule has 0 aliphatic heterocycles. The molecule has 0 aliphatic carbocycles. The average molecular weight is 401 g/mol. The van der Waals surface area contributed by atoms with Crippen molar-refractivity contribution in [2.24, 2.45) is 0 Å². The number of nitrogens with one attached hydrogen (secondary N) is 1. The zero-order chi connectivity index (χ0) is 13.8. The largest absolute Gasteiger partial charge is 0.364 e. The van der Waals surface area contributed by atoms with E-state index in [0.717, 1.165) is 8.95 Å². The van der Waals surface area contributed by atoms with Crippen molar-refractivity contribution in [1.29, 1.82) is 5.26 Å². The van der Waals surface area contributed by atoms with Gasteiger partial charge in [-0.25, -0.2) is 0 Å². The zero-order valence-corrected chi connectivity index (χ0v) is 13.5. The summed E-state index contributed by atoms with van der Waals surface area (Å²) in [5.74, 6) is 0. The van der Waals surface area contributed by atoms with E-state index < -0.39 is 6.04 Å². The smallest absolute Gasteiger partial charge is 0.158 e. The third-order valence-electron chi connectivity index (χ3n) is 2.41. The molecule has 1 atom stereocenters. The Morgan fingerprint density at radius 3 is 2.68 bits per heavy atom. The highest BCUT2D eigenvalue weighted by atomic mass is 79.9. The molecule has 0 amide bonds. The molecule has 96 valence electrons. The minimum atomic E-state index is -0.581. The minimum absolute atomic E-state index is 0.566. The Kier molecular flexibility index (Phi) is 4.81. The van der Waals surface area contributed by atoms with Gasteiger partial charge in [0.2, 0.25) is 0 Å². The second-order valence-electron chi connectivity index (χ2n) is 3.71. The molecular formula is C13H8Br2ClN3. The van der Waals surface area contributed by atoms with E-state index in [1.807, 2.05) is 24.3 Å². The first-order valence-corrected chi connectivity index (χ1v) is 7.30. The van der Waals surface area contributed by atoms with Crippen LogP contribution in [-0.4, -0.2) is 4.98 Å². The third-order valence-corrected chi connectivity index (χ3v) is 3.81. The Hall–Kier alpha value is -1.09. The van der Waals surface area contributed by atoms with E-state index in [9.17, 15) is 5.26 Å². The van der Waals surface area contributed by atoms with Crippen molar-refractivity contribution in [3.05, 3.63) is 56.2 Å². The molecule has 0 radical (unpaired) electrons. The first-order valence-electron chi connectivity index (χ1n) is 5.33.